The summed E-state index contributed by atoms with van der Waals surface area (Å²) in [4.78, 5) is 35.4. The van der Waals surface area contributed by atoms with Crippen LogP contribution in [0.1, 0.15) is 0 Å². The SMILES string of the molecule is CNc1ccc(Oc2ccnc3[nH]c(=O)[nH]c23)c2cccnc12.O=CNc1cccc(SC(F)(F)F)c1. The lowest BCUT2D eigenvalue weighted by Crippen LogP contribution is -1.99. The molecule has 2 aromatic carbocycles. The molecule has 5 aromatic rings. The highest BCUT2D eigenvalue weighted by atomic mass is 32.2. The van der Waals surface area contributed by atoms with E-state index in [1.807, 2.05) is 31.3 Å². The Labute approximate surface area is 211 Å². The number of rotatable bonds is 6. The van der Waals surface area contributed by atoms with Crippen molar-refractivity contribution < 1.29 is 22.7 Å². The third-order valence-electron chi connectivity index (χ3n) is 4.90. The van der Waals surface area contributed by atoms with E-state index in [1.54, 1.807) is 18.5 Å². The van der Waals surface area contributed by atoms with Crippen molar-refractivity contribution in [2.75, 3.05) is 17.7 Å². The van der Waals surface area contributed by atoms with Gasteiger partial charge in [-0.3, -0.25) is 14.8 Å². The second-order valence-corrected chi connectivity index (χ2v) is 8.45. The Morgan fingerprint density at radius 2 is 1.84 bits per heavy atom. The number of carbonyl (C=O) groups is 1. The molecule has 0 bridgehead atoms. The molecule has 5 rings (SSSR count). The van der Waals surface area contributed by atoms with Gasteiger partial charge in [-0.1, -0.05) is 6.07 Å². The molecule has 0 saturated carbocycles. The number of nitrogens with zero attached hydrogens (tertiary/aromatic N) is 2. The third-order valence-corrected chi connectivity index (χ3v) is 5.62. The fourth-order valence-electron chi connectivity index (χ4n) is 3.40. The average Bonchev–Trinajstić information content (AvgIpc) is 3.25. The van der Waals surface area contributed by atoms with Gasteiger partial charge in [0.2, 0.25) is 6.41 Å². The van der Waals surface area contributed by atoms with Crippen molar-refractivity contribution >= 4 is 51.6 Å². The molecule has 0 fully saturated rings. The van der Waals surface area contributed by atoms with Crippen LogP contribution in [0.2, 0.25) is 0 Å². The molecule has 1 amide bonds. The molecule has 0 saturated heterocycles. The lowest BCUT2D eigenvalue weighted by atomic mass is 10.1. The first-order chi connectivity index (χ1) is 17.8. The molecule has 3 aromatic heterocycles. The molecule has 4 N–H and O–H groups in total. The van der Waals surface area contributed by atoms with E-state index in [1.165, 1.54) is 24.3 Å². The molecule has 13 heteroatoms. The Morgan fingerprint density at radius 1 is 1.00 bits per heavy atom. The van der Waals surface area contributed by atoms with Gasteiger partial charge in [0.1, 0.15) is 11.3 Å². The highest BCUT2D eigenvalue weighted by Gasteiger charge is 2.29. The van der Waals surface area contributed by atoms with E-state index in [-0.39, 0.29) is 22.3 Å². The molecule has 0 aliphatic carbocycles. The van der Waals surface area contributed by atoms with Crippen LogP contribution in [0.3, 0.4) is 0 Å². The minimum Gasteiger partial charge on any atom is -0.454 e. The number of imidazole rings is 1. The van der Waals surface area contributed by atoms with Gasteiger partial charge >= 0.3 is 11.2 Å². The molecule has 0 unspecified atom stereocenters. The number of aromatic amines is 2. The van der Waals surface area contributed by atoms with E-state index in [0.29, 0.717) is 34.8 Å². The van der Waals surface area contributed by atoms with Crippen LogP contribution in [0.25, 0.3) is 22.1 Å². The molecule has 0 aliphatic heterocycles. The maximum atomic E-state index is 11.9. The Kier molecular flexibility index (Phi) is 7.63. The molecule has 0 radical (unpaired) electrons. The van der Waals surface area contributed by atoms with Crippen LogP contribution in [0.4, 0.5) is 24.5 Å². The summed E-state index contributed by atoms with van der Waals surface area (Å²) in [6.07, 6.45) is 3.74. The first-order valence-corrected chi connectivity index (χ1v) is 11.5. The van der Waals surface area contributed by atoms with E-state index in [2.05, 4.69) is 30.6 Å². The van der Waals surface area contributed by atoms with Crippen molar-refractivity contribution in [1.82, 2.24) is 19.9 Å². The number of thioether (sulfide) groups is 1. The summed E-state index contributed by atoms with van der Waals surface area (Å²) in [5, 5.41) is 6.26. The Hall–Kier alpha value is -4.52. The van der Waals surface area contributed by atoms with Gasteiger partial charge in [0.05, 0.1) is 11.2 Å². The van der Waals surface area contributed by atoms with Gasteiger partial charge in [0.25, 0.3) is 0 Å². The molecule has 0 atom stereocenters. The number of ether oxygens (including phenoxy) is 1. The molecule has 0 spiro atoms. The highest BCUT2D eigenvalue weighted by Crippen LogP contribution is 2.37. The summed E-state index contributed by atoms with van der Waals surface area (Å²) < 4.78 is 41.8. The summed E-state index contributed by atoms with van der Waals surface area (Å²) in [6.45, 7) is 0. The summed E-state index contributed by atoms with van der Waals surface area (Å²) in [5.41, 5.74) is -1.55. The van der Waals surface area contributed by atoms with Gasteiger partial charge in [-0.2, -0.15) is 13.2 Å². The smallest absolute Gasteiger partial charge is 0.446 e. The van der Waals surface area contributed by atoms with Gasteiger partial charge in [-0.25, -0.2) is 9.78 Å². The number of pyridine rings is 2. The fourth-order valence-corrected chi connectivity index (χ4v) is 4.00. The second kappa shape index (κ2) is 11.0. The van der Waals surface area contributed by atoms with Crippen molar-refractivity contribution in [3.8, 4) is 11.5 Å². The number of amides is 1. The molecule has 3 heterocycles. The summed E-state index contributed by atoms with van der Waals surface area (Å²) >= 11 is -0.215. The van der Waals surface area contributed by atoms with E-state index in [0.717, 1.165) is 16.6 Å². The number of benzene rings is 2. The van der Waals surface area contributed by atoms with Crippen molar-refractivity contribution in [2.24, 2.45) is 0 Å². The predicted octanol–water partition coefficient (Wildman–Crippen LogP) is 5.50. The Bertz CT molecular complexity index is 1600. The monoisotopic (exact) mass is 528 g/mol. The molecule has 37 heavy (non-hydrogen) atoms. The van der Waals surface area contributed by atoms with E-state index in [4.69, 9.17) is 4.74 Å². The zero-order valence-corrected chi connectivity index (χ0v) is 19.9. The van der Waals surface area contributed by atoms with Gasteiger partial charge < -0.3 is 20.4 Å². The summed E-state index contributed by atoms with van der Waals surface area (Å²) in [5.74, 6) is 1.18. The molecule has 9 nitrogen and oxygen atoms in total. The van der Waals surface area contributed by atoms with Crippen molar-refractivity contribution in [1.29, 1.82) is 0 Å². The van der Waals surface area contributed by atoms with Crippen molar-refractivity contribution in [2.45, 2.75) is 10.4 Å². The van der Waals surface area contributed by atoms with E-state index >= 15 is 0 Å². The maximum absolute atomic E-state index is 11.9. The lowest BCUT2D eigenvalue weighted by Gasteiger charge is -2.11. The quantitative estimate of drug-likeness (QED) is 0.169. The standard InChI is InChI=1S/C16H13N5O2.C8H6F3NOS/c1-17-10-4-5-11(9-3-2-7-18-13(9)10)23-12-6-8-19-15-14(12)20-16(22)21-15;9-8(10,11)14-7-3-1-2-6(4-7)12-5-13/h2-8,17H,1H3,(H2,19,20,21,22);1-5H,(H,12,13). The topological polar surface area (TPSA) is 125 Å². The number of H-pyrrole nitrogens is 2. The van der Waals surface area contributed by atoms with Crippen molar-refractivity contribution in [3.63, 3.8) is 0 Å². The molecule has 0 aliphatic rings. The second-order valence-electron chi connectivity index (χ2n) is 7.31. The minimum atomic E-state index is -4.31. The van der Waals surface area contributed by atoms with E-state index < -0.39 is 5.51 Å². The Morgan fingerprint density at radius 3 is 2.59 bits per heavy atom. The van der Waals surface area contributed by atoms with Crippen LogP contribution in [0.15, 0.2) is 76.7 Å². The number of fused-ring (bicyclic) bond motifs is 2. The number of aromatic nitrogens is 4. The zero-order valence-electron chi connectivity index (χ0n) is 19.1. The number of halogens is 3. The van der Waals surface area contributed by atoms with Gasteiger partial charge in [0.15, 0.2) is 11.4 Å². The number of hydrogen-bond donors (Lipinski definition) is 4. The van der Waals surface area contributed by atoms with Crippen LogP contribution in [0, 0.1) is 0 Å². The van der Waals surface area contributed by atoms with Crippen LogP contribution >= 0.6 is 11.8 Å². The van der Waals surface area contributed by atoms with Gasteiger partial charge in [-0.15, -0.1) is 0 Å². The number of alkyl halides is 3. The van der Waals surface area contributed by atoms with Crippen LogP contribution < -0.4 is 21.1 Å². The van der Waals surface area contributed by atoms with Gasteiger partial charge in [-0.05, 0) is 54.2 Å². The average molecular weight is 529 g/mol. The molecule has 190 valence electrons. The van der Waals surface area contributed by atoms with Crippen molar-refractivity contribution in [3.05, 3.63) is 77.5 Å². The first-order valence-electron chi connectivity index (χ1n) is 10.6. The highest BCUT2D eigenvalue weighted by molar-refractivity contribution is 8.00. The summed E-state index contributed by atoms with van der Waals surface area (Å²) in [7, 11) is 1.85. The number of hydrogen-bond acceptors (Lipinski definition) is 7. The lowest BCUT2D eigenvalue weighted by molar-refractivity contribution is -0.105. The first kappa shape index (κ1) is 25.6. The third kappa shape index (κ3) is 6.38. The predicted molar refractivity (Wildman–Crippen MR) is 136 cm³/mol. The van der Waals surface area contributed by atoms with Gasteiger partial charge in [0, 0.05) is 41.5 Å². The fraction of sp³-hybridized carbons (Fsp3) is 0.0833. The number of anilines is 2. The van der Waals surface area contributed by atoms with Crippen LogP contribution in [-0.2, 0) is 4.79 Å². The maximum Gasteiger partial charge on any atom is 0.446 e. The normalized spacial score (nSPS) is 11.0. The number of nitrogens with one attached hydrogen (secondary N) is 4. The number of carbonyl (C=O) groups excluding carboxylic acids is 1. The zero-order chi connectivity index (χ0) is 26.4. The van der Waals surface area contributed by atoms with Crippen LogP contribution in [-0.4, -0.2) is 38.9 Å². The minimum absolute atomic E-state index is 0.0457. The summed E-state index contributed by atoms with van der Waals surface area (Å²) in [6, 6.07) is 14.8. The Balaban J connectivity index is 0.000000197. The molecular weight excluding hydrogens is 509 g/mol. The van der Waals surface area contributed by atoms with Crippen LogP contribution in [0.5, 0.6) is 11.5 Å². The molecular formula is C24H19F3N6O3S. The largest absolute Gasteiger partial charge is 0.454 e. The van der Waals surface area contributed by atoms with E-state index in [9.17, 15) is 22.8 Å².